The Morgan fingerprint density at radius 3 is 2.81 bits per heavy atom. The summed E-state index contributed by atoms with van der Waals surface area (Å²) in [5.74, 6) is 0.898. The van der Waals surface area contributed by atoms with Gasteiger partial charge in [0.1, 0.15) is 12.0 Å². The number of carbonyl (C=O) groups is 1. The van der Waals surface area contributed by atoms with Crippen LogP contribution in [-0.4, -0.2) is 84.8 Å². The molecular weight excluding hydrogens is 347 g/mol. The fourth-order valence-electron chi connectivity index (χ4n) is 4.30. The first-order valence-corrected chi connectivity index (χ1v) is 9.65. The fourth-order valence-corrected chi connectivity index (χ4v) is 4.30. The zero-order valence-electron chi connectivity index (χ0n) is 15.4. The normalized spacial score (nSPS) is 29.1. The monoisotopic (exact) mass is 372 g/mol. The summed E-state index contributed by atoms with van der Waals surface area (Å²) in [6.07, 6.45) is 2.06. The number of alkyl halides is 1. The summed E-state index contributed by atoms with van der Waals surface area (Å²) in [7, 11) is 0. The van der Waals surface area contributed by atoms with Gasteiger partial charge in [-0.05, 0) is 25.0 Å². The molecule has 27 heavy (non-hydrogen) atoms. The van der Waals surface area contributed by atoms with Gasteiger partial charge >= 0.3 is 0 Å². The van der Waals surface area contributed by atoms with Gasteiger partial charge in [0.25, 0.3) is 0 Å². The van der Waals surface area contributed by atoms with E-state index in [4.69, 9.17) is 5.26 Å². The van der Waals surface area contributed by atoms with E-state index < -0.39 is 6.17 Å². The van der Waals surface area contributed by atoms with Crippen molar-refractivity contribution in [2.75, 3.05) is 50.7 Å². The molecule has 1 amide bonds. The average molecular weight is 372 g/mol. The number of pyridine rings is 1. The predicted octanol–water partition coefficient (Wildman–Crippen LogP) is 0.376. The highest BCUT2D eigenvalue weighted by atomic mass is 19.1. The molecular formula is C19H25FN6O. The first kappa shape index (κ1) is 18.1. The SMILES string of the molecule is N#Cc1ccnc(N2CCN([C@@H]3CN[C@H](C(=O)N4CC[C@@H](F)C4)C3)CC2)c1. The highest BCUT2D eigenvalue weighted by Gasteiger charge is 2.38. The number of hydrogen-bond acceptors (Lipinski definition) is 6. The maximum Gasteiger partial charge on any atom is 0.239 e. The van der Waals surface area contributed by atoms with Gasteiger partial charge in [-0.2, -0.15) is 5.26 Å². The number of amides is 1. The first-order chi connectivity index (χ1) is 13.1. The van der Waals surface area contributed by atoms with E-state index in [0.29, 0.717) is 24.6 Å². The van der Waals surface area contributed by atoms with Crippen LogP contribution in [0.25, 0.3) is 0 Å². The molecule has 144 valence electrons. The second kappa shape index (κ2) is 7.79. The van der Waals surface area contributed by atoms with Crippen LogP contribution in [0.1, 0.15) is 18.4 Å². The van der Waals surface area contributed by atoms with Gasteiger partial charge in [0.2, 0.25) is 5.91 Å². The Morgan fingerprint density at radius 2 is 2.11 bits per heavy atom. The van der Waals surface area contributed by atoms with E-state index in [2.05, 4.69) is 26.2 Å². The molecule has 3 aliphatic heterocycles. The smallest absolute Gasteiger partial charge is 0.239 e. The molecule has 7 nitrogen and oxygen atoms in total. The molecule has 0 radical (unpaired) electrons. The first-order valence-electron chi connectivity index (χ1n) is 9.65. The van der Waals surface area contributed by atoms with E-state index in [-0.39, 0.29) is 18.5 Å². The van der Waals surface area contributed by atoms with Gasteiger partial charge in [-0.25, -0.2) is 9.37 Å². The Morgan fingerprint density at radius 1 is 1.30 bits per heavy atom. The van der Waals surface area contributed by atoms with Gasteiger partial charge in [-0.15, -0.1) is 0 Å². The molecule has 0 spiro atoms. The quantitative estimate of drug-likeness (QED) is 0.827. The van der Waals surface area contributed by atoms with Crippen LogP contribution in [0.2, 0.25) is 0 Å². The number of nitrogens with one attached hydrogen (secondary N) is 1. The number of piperazine rings is 1. The van der Waals surface area contributed by atoms with E-state index in [9.17, 15) is 9.18 Å². The van der Waals surface area contributed by atoms with Crippen molar-refractivity contribution < 1.29 is 9.18 Å². The van der Waals surface area contributed by atoms with Crippen molar-refractivity contribution in [2.24, 2.45) is 0 Å². The van der Waals surface area contributed by atoms with Crippen molar-refractivity contribution in [3.8, 4) is 6.07 Å². The van der Waals surface area contributed by atoms with Gasteiger partial charge in [0, 0.05) is 51.5 Å². The van der Waals surface area contributed by atoms with Gasteiger partial charge < -0.3 is 15.1 Å². The molecule has 8 heteroatoms. The molecule has 1 N–H and O–H groups in total. The van der Waals surface area contributed by atoms with E-state index in [0.717, 1.165) is 45.0 Å². The van der Waals surface area contributed by atoms with Crippen molar-refractivity contribution >= 4 is 11.7 Å². The number of rotatable bonds is 3. The number of nitriles is 1. The molecule has 3 aliphatic rings. The van der Waals surface area contributed by atoms with Gasteiger partial charge in [0.05, 0.1) is 24.2 Å². The Balaban J connectivity index is 1.29. The Bertz CT molecular complexity index is 729. The van der Waals surface area contributed by atoms with Crippen LogP contribution in [0.5, 0.6) is 0 Å². The Hall–Kier alpha value is -2.24. The lowest BCUT2D eigenvalue weighted by molar-refractivity contribution is -0.132. The lowest BCUT2D eigenvalue weighted by atomic mass is 10.1. The molecule has 3 fully saturated rings. The lowest BCUT2D eigenvalue weighted by Gasteiger charge is -2.38. The summed E-state index contributed by atoms with van der Waals surface area (Å²) >= 11 is 0. The number of halogens is 1. The summed E-state index contributed by atoms with van der Waals surface area (Å²) in [5.41, 5.74) is 0.626. The number of carbonyl (C=O) groups excluding carboxylic acids is 1. The van der Waals surface area contributed by atoms with E-state index in [1.165, 1.54) is 0 Å². The van der Waals surface area contributed by atoms with Crippen LogP contribution in [0, 0.1) is 11.3 Å². The van der Waals surface area contributed by atoms with Crippen molar-refractivity contribution in [1.82, 2.24) is 20.1 Å². The van der Waals surface area contributed by atoms with Crippen molar-refractivity contribution in [3.63, 3.8) is 0 Å². The summed E-state index contributed by atoms with van der Waals surface area (Å²) in [4.78, 5) is 23.2. The minimum atomic E-state index is -0.868. The maximum absolute atomic E-state index is 13.4. The minimum Gasteiger partial charge on any atom is -0.354 e. The lowest BCUT2D eigenvalue weighted by Crippen LogP contribution is -2.51. The summed E-state index contributed by atoms with van der Waals surface area (Å²) in [6, 6.07) is 5.85. The number of likely N-dealkylation sites (tertiary alicyclic amines) is 1. The van der Waals surface area contributed by atoms with Crippen molar-refractivity contribution in [1.29, 1.82) is 5.26 Å². The number of aromatic nitrogens is 1. The van der Waals surface area contributed by atoms with Crippen LogP contribution in [0.3, 0.4) is 0 Å². The highest BCUT2D eigenvalue weighted by molar-refractivity contribution is 5.82. The molecule has 0 bridgehead atoms. The summed E-state index contributed by atoms with van der Waals surface area (Å²) < 4.78 is 13.4. The molecule has 0 aliphatic carbocycles. The average Bonchev–Trinajstić information content (AvgIpc) is 3.37. The van der Waals surface area contributed by atoms with E-state index >= 15 is 0 Å². The Labute approximate surface area is 158 Å². The third-order valence-corrected chi connectivity index (χ3v) is 5.88. The van der Waals surface area contributed by atoms with Gasteiger partial charge in [-0.1, -0.05) is 0 Å². The van der Waals surface area contributed by atoms with Crippen LogP contribution in [0.4, 0.5) is 10.2 Å². The highest BCUT2D eigenvalue weighted by Crippen LogP contribution is 2.22. The summed E-state index contributed by atoms with van der Waals surface area (Å²) in [6.45, 7) is 5.10. The maximum atomic E-state index is 13.4. The zero-order valence-corrected chi connectivity index (χ0v) is 15.4. The number of nitrogens with zero attached hydrogens (tertiary/aromatic N) is 5. The summed E-state index contributed by atoms with van der Waals surface area (Å²) in [5, 5.41) is 12.4. The molecule has 1 aromatic rings. The van der Waals surface area contributed by atoms with Crippen LogP contribution >= 0.6 is 0 Å². The van der Waals surface area contributed by atoms with Gasteiger partial charge in [-0.3, -0.25) is 9.69 Å². The molecule has 4 rings (SSSR count). The molecule has 4 heterocycles. The molecule has 0 unspecified atom stereocenters. The molecule has 1 aromatic heterocycles. The predicted molar refractivity (Wildman–Crippen MR) is 99.0 cm³/mol. The van der Waals surface area contributed by atoms with Crippen LogP contribution < -0.4 is 10.2 Å². The van der Waals surface area contributed by atoms with Crippen molar-refractivity contribution in [2.45, 2.75) is 31.1 Å². The van der Waals surface area contributed by atoms with Crippen LogP contribution in [-0.2, 0) is 4.79 Å². The second-order valence-electron chi connectivity index (χ2n) is 7.56. The standard InChI is InChI=1S/C19H25FN6O/c20-15-2-4-26(13-15)19(27)17-10-16(12-23-17)24-5-7-25(8-6-24)18-9-14(11-21)1-3-22-18/h1,3,9,15-17,23H,2,4-8,10,12-13H2/t15-,16+,17+/m1/s1. The van der Waals surface area contributed by atoms with E-state index in [1.54, 1.807) is 17.2 Å². The Kier molecular flexibility index (Phi) is 5.23. The van der Waals surface area contributed by atoms with Gasteiger partial charge in [0.15, 0.2) is 0 Å². The fraction of sp³-hybridized carbons (Fsp3) is 0.632. The minimum absolute atomic E-state index is 0.0498. The molecule has 0 aromatic carbocycles. The van der Waals surface area contributed by atoms with Crippen molar-refractivity contribution in [3.05, 3.63) is 23.9 Å². The molecule has 0 saturated carbocycles. The molecule has 3 saturated heterocycles. The van der Waals surface area contributed by atoms with Crippen LogP contribution in [0.15, 0.2) is 18.3 Å². The largest absolute Gasteiger partial charge is 0.354 e. The topological polar surface area (TPSA) is 75.5 Å². The van der Waals surface area contributed by atoms with E-state index in [1.807, 2.05) is 6.07 Å². The molecule has 3 atom stereocenters. The second-order valence-corrected chi connectivity index (χ2v) is 7.56. The third-order valence-electron chi connectivity index (χ3n) is 5.88. The number of hydrogen-bond donors (Lipinski definition) is 1. The third kappa shape index (κ3) is 3.89. The zero-order chi connectivity index (χ0) is 18.8. The number of anilines is 1.